The lowest BCUT2D eigenvalue weighted by Gasteiger charge is -2.27. The summed E-state index contributed by atoms with van der Waals surface area (Å²) in [7, 11) is 1.66. The number of carbonyl (C=O) groups excluding carboxylic acids is 2. The van der Waals surface area contributed by atoms with E-state index in [0.717, 1.165) is 12.8 Å². The van der Waals surface area contributed by atoms with Gasteiger partial charge in [0.25, 0.3) is 0 Å². The molecule has 6 nitrogen and oxygen atoms in total. The Morgan fingerprint density at radius 3 is 2.43 bits per heavy atom. The monoisotopic (exact) mass is 318 g/mol. The standard InChI is InChI=1S/C17H22N2O4/c1-11(20)19(2)13-7-5-6-12(10-13)18-16(21)14-8-3-4-9-15(14)17(22)23/h5-7,10,14-15H,3-4,8-9H2,1-2H3,(H,18,21)(H,22,23). The van der Waals surface area contributed by atoms with E-state index in [2.05, 4.69) is 5.32 Å². The molecule has 0 aliphatic heterocycles. The first-order valence-corrected chi connectivity index (χ1v) is 7.78. The highest BCUT2D eigenvalue weighted by Crippen LogP contribution is 2.31. The van der Waals surface area contributed by atoms with Crippen LogP contribution >= 0.6 is 0 Å². The molecule has 2 N–H and O–H groups in total. The summed E-state index contributed by atoms with van der Waals surface area (Å²) in [6.45, 7) is 1.46. The number of carbonyl (C=O) groups is 3. The molecule has 124 valence electrons. The van der Waals surface area contributed by atoms with Crippen LogP contribution in [0.25, 0.3) is 0 Å². The van der Waals surface area contributed by atoms with Crippen LogP contribution in [0.4, 0.5) is 11.4 Å². The van der Waals surface area contributed by atoms with Crippen LogP contribution in [0, 0.1) is 11.8 Å². The van der Waals surface area contributed by atoms with Crippen molar-refractivity contribution in [3.63, 3.8) is 0 Å². The molecule has 1 aromatic rings. The Morgan fingerprint density at radius 1 is 1.17 bits per heavy atom. The van der Waals surface area contributed by atoms with Gasteiger partial charge in [0.2, 0.25) is 11.8 Å². The maximum absolute atomic E-state index is 12.4. The van der Waals surface area contributed by atoms with Crippen molar-refractivity contribution in [2.45, 2.75) is 32.6 Å². The average Bonchev–Trinajstić information content (AvgIpc) is 2.54. The number of hydrogen-bond acceptors (Lipinski definition) is 3. The summed E-state index contributed by atoms with van der Waals surface area (Å²) < 4.78 is 0. The van der Waals surface area contributed by atoms with E-state index < -0.39 is 17.8 Å². The van der Waals surface area contributed by atoms with E-state index in [1.807, 2.05) is 0 Å². The fourth-order valence-corrected chi connectivity index (χ4v) is 2.95. The third kappa shape index (κ3) is 4.09. The highest BCUT2D eigenvalue weighted by atomic mass is 16.4. The van der Waals surface area contributed by atoms with Crippen molar-refractivity contribution in [2.75, 3.05) is 17.3 Å². The van der Waals surface area contributed by atoms with Crippen LogP contribution in [-0.4, -0.2) is 29.9 Å². The Hall–Kier alpha value is -2.37. The smallest absolute Gasteiger partial charge is 0.307 e. The lowest BCUT2D eigenvalue weighted by molar-refractivity contribution is -0.147. The topological polar surface area (TPSA) is 86.7 Å². The van der Waals surface area contributed by atoms with E-state index in [0.29, 0.717) is 24.2 Å². The fraction of sp³-hybridized carbons (Fsp3) is 0.471. The third-order valence-corrected chi connectivity index (χ3v) is 4.39. The molecule has 0 heterocycles. The lowest BCUT2D eigenvalue weighted by atomic mass is 9.78. The van der Waals surface area contributed by atoms with Crippen molar-refractivity contribution in [3.8, 4) is 0 Å². The summed E-state index contributed by atoms with van der Waals surface area (Å²) in [5.41, 5.74) is 1.24. The van der Waals surface area contributed by atoms with E-state index in [-0.39, 0.29) is 11.8 Å². The highest BCUT2D eigenvalue weighted by molar-refractivity contribution is 5.96. The van der Waals surface area contributed by atoms with Gasteiger partial charge in [-0.15, -0.1) is 0 Å². The summed E-state index contributed by atoms with van der Waals surface area (Å²) in [5.74, 6) is -2.40. The minimum absolute atomic E-state index is 0.105. The van der Waals surface area contributed by atoms with Gasteiger partial charge in [-0.3, -0.25) is 14.4 Å². The summed E-state index contributed by atoms with van der Waals surface area (Å²) in [6.07, 6.45) is 2.85. The molecular weight excluding hydrogens is 296 g/mol. The molecule has 2 atom stereocenters. The molecule has 2 unspecified atom stereocenters. The molecule has 0 aromatic heterocycles. The Morgan fingerprint density at radius 2 is 1.83 bits per heavy atom. The molecule has 2 amide bonds. The lowest BCUT2D eigenvalue weighted by Crippen LogP contribution is -2.36. The molecule has 23 heavy (non-hydrogen) atoms. The molecule has 6 heteroatoms. The van der Waals surface area contributed by atoms with Gasteiger partial charge in [-0.05, 0) is 31.0 Å². The van der Waals surface area contributed by atoms with Crippen LogP contribution in [0.15, 0.2) is 24.3 Å². The number of nitrogens with one attached hydrogen (secondary N) is 1. The van der Waals surface area contributed by atoms with E-state index in [4.69, 9.17) is 0 Å². The Bertz CT molecular complexity index is 614. The van der Waals surface area contributed by atoms with Crippen molar-refractivity contribution in [2.24, 2.45) is 11.8 Å². The third-order valence-electron chi connectivity index (χ3n) is 4.39. The second kappa shape index (κ2) is 7.26. The minimum atomic E-state index is -0.907. The number of rotatable bonds is 4. The van der Waals surface area contributed by atoms with Crippen LogP contribution in [0.3, 0.4) is 0 Å². The van der Waals surface area contributed by atoms with Crippen LogP contribution in [0.2, 0.25) is 0 Å². The molecule has 2 rings (SSSR count). The number of nitrogens with zero attached hydrogens (tertiary/aromatic N) is 1. The number of carboxylic acids is 1. The van der Waals surface area contributed by atoms with Crippen LogP contribution in [0.5, 0.6) is 0 Å². The SMILES string of the molecule is CC(=O)N(C)c1cccc(NC(=O)C2CCCCC2C(=O)O)c1. The van der Waals surface area contributed by atoms with E-state index in [1.165, 1.54) is 11.8 Å². The van der Waals surface area contributed by atoms with E-state index in [1.54, 1.807) is 31.3 Å². The van der Waals surface area contributed by atoms with Crippen molar-refractivity contribution in [3.05, 3.63) is 24.3 Å². The van der Waals surface area contributed by atoms with Crippen LogP contribution in [0.1, 0.15) is 32.6 Å². The predicted molar refractivity (Wildman–Crippen MR) is 87.2 cm³/mol. The Labute approximate surface area is 135 Å². The maximum Gasteiger partial charge on any atom is 0.307 e. The molecular formula is C17H22N2O4. The number of aliphatic carboxylic acids is 1. The van der Waals surface area contributed by atoms with Gasteiger partial charge in [0.15, 0.2) is 0 Å². The van der Waals surface area contributed by atoms with Crippen molar-refractivity contribution in [1.29, 1.82) is 0 Å². The normalized spacial score (nSPS) is 20.6. The summed E-state index contributed by atoms with van der Waals surface area (Å²) in [6, 6.07) is 6.96. The second-order valence-electron chi connectivity index (χ2n) is 5.95. The van der Waals surface area contributed by atoms with Gasteiger partial charge in [0, 0.05) is 25.3 Å². The van der Waals surface area contributed by atoms with Crippen LogP contribution in [-0.2, 0) is 14.4 Å². The summed E-state index contributed by atoms with van der Waals surface area (Å²) >= 11 is 0. The second-order valence-corrected chi connectivity index (χ2v) is 5.95. The van der Waals surface area contributed by atoms with Gasteiger partial charge in [-0.25, -0.2) is 0 Å². The molecule has 1 saturated carbocycles. The Balaban J connectivity index is 2.12. The first-order chi connectivity index (χ1) is 10.9. The Kier molecular flexibility index (Phi) is 5.36. The maximum atomic E-state index is 12.4. The van der Waals surface area contributed by atoms with Gasteiger partial charge >= 0.3 is 5.97 Å². The number of carboxylic acid groups (broad SMARTS) is 1. The predicted octanol–water partition coefficient (Wildman–Crippen LogP) is 2.50. The first kappa shape index (κ1) is 17.0. The fourth-order valence-electron chi connectivity index (χ4n) is 2.95. The average molecular weight is 318 g/mol. The molecule has 0 saturated heterocycles. The molecule has 1 aliphatic carbocycles. The molecule has 0 spiro atoms. The molecule has 1 fully saturated rings. The van der Waals surface area contributed by atoms with E-state index >= 15 is 0 Å². The molecule has 1 aromatic carbocycles. The zero-order chi connectivity index (χ0) is 17.0. The zero-order valence-electron chi connectivity index (χ0n) is 13.4. The number of benzene rings is 1. The quantitative estimate of drug-likeness (QED) is 0.893. The van der Waals surface area contributed by atoms with Crippen LogP contribution < -0.4 is 10.2 Å². The van der Waals surface area contributed by atoms with Crippen molar-refractivity contribution in [1.82, 2.24) is 0 Å². The van der Waals surface area contributed by atoms with Gasteiger partial charge in [0.1, 0.15) is 0 Å². The highest BCUT2D eigenvalue weighted by Gasteiger charge is 2.35. The van der Waals surface area contributed by atoms with Crippen molar-refractivity contribution >= 4 is 29.2 Å². The zero-order valence-corrected chi connectivity index (χ0v) is 13.4. The molecule has 0 radical (unpaired) electrons. The molecule has 1 aliphatic rings. The van der Waals surface area contributed by atoms with Crippen molar-refractivity contribution < 1.29 is 19.5 Å². The molecule has 0 bridgehead atoms. The number of hydrogen-bond donors (Lipinski definition) is 2. The minimum Gasteiger partial charge on any atom is -0.481 e. The van der Waals surface area contributed by atoms with Gasteiger partial charge in [-0.2, -0.15) is 0 Å². The largest absolute Gasteiger partial charge is 0.481 e. The van der Waals surface area contributed by atoms with Gasteiger partial charge in [-0.1, -0.05) is 18.9 Å². The van der Waals surface area contributed by atoms with E-state index in [9.17, 15) is 19.5 Å². The van der Waals surface area contributed by atoms with Gasteiger partial charge in [0.05, 0.1) is 11.8 Å². The number of amides is 2. The number of anilines is 2. The summed E-state index contributed by atoms with van der Waals surface area (Å²) in [5, 5.41) is 12.1. The first-order valence-electron chi connectivity index (χ1n) is 7.78. The van der Waals surface area contributed by atoms with Gasteiger partial charge < -0.3 is 15.3 Å². The summed E-state index contributed by atoms with van der Waals surface area (Å²) in [4.78, 5) is 36.7.